The average Bonchev–Trinajstić information content (AvgIpc) is 3.01. The smallest absolute Gasteiger partial charge is 0.338 e. The van der Waals surface area contributed by atoms with Crippen LogP contribution >= 0.6 is 31.9 Å². The predicted octanol–water partition coefficient (Wildman–Crippen LogP) is 2.90. The Morgan fingerprint density at radius 3 is 2.09 bits per heavy atom. The number of nitrogens with zero attached hydrogens (tertiary/aromatic N) is 1. The van der Waals surface area contributed by atoms with Crippen molar-refractivity contribution in [3.8, 4) is 0 Å². The third-order valence-electron chi connectivity index (χ3n) is 5.61. The van der Waals surface area contributed by atoms with E-state index in [0.29, 0.717) is 30.7 Å². The van der Waals surface area contributed by atoms with Gasteiger partial charge in [0.05, 0.1) is 24.0 Å². The van der Waals surface area contributed by atoms with Gasteiger partial charge in [-0.3, -0.25) is 24.1 Å². The zero-order chi connectivity index (χ0) is 25.0. The monoisotopic (exact) mass is 600 g/mol. The number of rotatable bonds is 8. The fourth-order valence-corrected chi connectivity index (χ4v) is 5.09. The van der Waals surface area contributed by atoms with Crippen molar-refractivity contribution < 1.29 is 33.4 Å². The Kier molecular flexibility index (Phi) is 8.86. The van der Waals surface area contributed by atoms with Crippen LogP contribution in [0.2, 0.25) is 0 Å². The molecule has 9 nitrogen and oxygen atoms in total. The second-order valence-electron chi connectivity index (χ2n) is 8.76. The standard InChI is InChI=1S/C23H26Br2N2O7/c1-12(2)10-34-23(32)13-3-5-14(6-4-13)26-19(28)11-33-20(29)9-27-21(30)15-7-17(24)18(25)8-16(15)22(27)31/h3-6,12,15-18H,7-11H2,1-2H3,(H,26,28)/t15-,16-,17-,18+/m1/s1. The van der Waals surface area contributed by atoms with E-state index in [1.807, 2.05) is 13.8 Å². The van der Waals surface area contributed by atoms with E-state index in [0.717, 1.165) is 4.90 Å². The first-order chi connectivity index (χ1) is 16.1. The van der Waals surface area contributed by atoms with Crippen molar-refractivity contribution in [2.24, 2.45) is 17.8 Å². The number of imide groups is 1. The molecule has 34 heavy (non-hydrogen) atoms. The van der Waals surface area contributed by atoms with Crippen molar-refractivity contribution in [2.75, 3.05) is 25.1 Å². The molecule has 1 aliphatic carbocycles. The first-order valence-electron chi connectivity index (χ1n) is 10.9. The van der Waals surface area contributed by atoms with Gasteiger partial charge in [-0.2, -0.15) is 0 Å². The Morgan fingerprint density at radius 1 is 1.00 bits per heavy atom. The number of hydrogen-bond acceptors (Lipinski definition) is 7. The summed E-state index contributed by atoms with van der Waals surface area (Å²) in [4.78, 5) is 62.5. The van der Waals surface area contributed by atoms with Crippen LogP contribution in [0.3, 0.4) is 0 Å². The lowest BCUT2D eigenvalue weighted by atomic mass is 9.81. The Balaban J connectivity index is 1.45. The van der Waals surface area contributed by atoms with Crippen LogP contribution in [-0.2, 0) is 28.7 Å². The third kappa shape index (κ3) is 6.44. The molecule has 0 unspecified atom stereocenters. The number of esters is 2. The zero-order valence-electron chi connectivity index (χ0n) is 18.8. The highest BCUT2D eigenvalue weighted by atomic mass is 79.9. The normalized spacial score (nSPS) is 24.1. The Labute approximate surface area is 214 Å². The molecule has 1 aromatic carbocycles. The van der Waals surface area contributed by atoms with E-state index in [2.05, 4.69) is 37.2 Å². The van der Waals surface area contributed by atoms with Crippen LogP contribution in [0.4, 0.5) is 5.69 Å². The van der Waals surface area contributed by atoms with Gasteiger partial charge in [-0.1, -0.05) is 45.7 Å². The van der Waals surface area contributed by atoms with E-state index < -0.39 is 42.8 Å². The van der Waals surface area contributed by atoms with Crippen LogP contribution in [0, 0.1) is 17.8 Å². The second kappa shape index (κ2) is 11.4. The molecule has 2 aliphatic rings. The van der Waals surface area contributed by atoms with Crippen molar-refractivity contribution in [2.45, 2.75) is 36.3 Å². The summed E-state index contributed by atoms with van der Waals surface area (Å²) in [6.45, 7) is 3.08. The van der Waals surface area contributed by atoms with E-state index in [9.17, 15) is 24.0 Å². The zero-order valence-corrected chi connectivity index (χ0v) is 22.0. The molecule has 0 radical (unpaired) electrons. The van der Waals surface area contributed by atoms with Gasteiger partial charge in [0.15, 0.2) is 6.61 Å². The van der Waals surface area contributed by atoms with Gasteiger partial charge >= 0.3 is 11.9 Å². The maximum Gasteiger partial charge on any atom is 0.338 e. The van der Waals surface area contributed by atoms with E-state index in [1.165, 1.54) is 24.3 Å². The minimum absolute atomic E-state index is 0.0702. The van der Waals surface area contributed by atoms with Crippen LogP contribution in [-0.4, -0.2) is 64.0 Å². The Bertz CT molecular complexity index is 939. The van der Waals surface area contributed by atoms with E-state index in [1.54, 1.807) is 0 Å². The number of amides is 3. The third-order valence-corrected chi connectivity index (χ3v) is 8.34. The summed E-state index contributed by atoms with van der Waals surface area (Å²) in [7, 11) is 0. The van der Waals surface area contributed by atoms with Gasteiger partial charge in [0.25, 0.3) is 5.91 Å². The number of halogens is 2. The maximum absolute atomic E-state index is 12.6. The number of anilines is 1. The number of carbonyl (C=O) groups excluding carboxylic acids is 5. The molecular formula is C23H26Br2N2O7. The number of hydrogen-bond donors (Lipinski definition) is 1. The molecule has 3 rings (SSSR count). The molecule has 4 atom stereocenters. The van der Waals surface area contributed by atoms with Crippen molar-refractivity contribution in [1.82, 2.24) is 4.90 Å². The first-order valence-corrected chi connectivity index (χ1v) is 12.8. The number of benzene rings is 1. The summed E-state index contributed by atoms with van der Waals surface area (Å²) in [6.07, 6.45) is 1.01. The fourth-order valence-electron chi connectivity index (χ4n) is 3.85. The first kappa shape index (κ1) is 26.3. The lowest BCUT2D eigenvalue weighted by Crippen LogP contribution is -2.37. The maximum atomic E-state index is 12.6. The molecule has 0 aromatic heterocycles. The van der Waals surface area contributed by atoms with Crippen LogP contribution in [0.15, 0.2) is 24.3 Å². The van der Waals surface area contributed by atoms with Gasteiger partial charge in [0.2, 0.25) is 11.8 Å². The summed E-state index contributed by atoms with van der Waals surface area (Å²) in [6, 6.07) is 6.10. The number of fused-ring (bicyclic) bond motifs is 1. The number of carbonyl (C=O) groups is 5. The van der Waals surface area contributed by atoms with Crippen molar-refractivity contribution in [1.29, 1.82) is 0 Å². The topological polar surface area (TPSA) is 119 Å². The highest BCUT2D eigenvalue weighted by Crippen LogP contribution is 2.43. The molecule has 1 aromatic rings. The van der Waals surface area contributed by atoms with Crippen LogP contribution in [0.25, 0.3) is 0 Å². The van der Waals surface area contributed by atoms with Crippen LogP contribution < -0.4 is 5.32 Å². The molecule has 184 valence electrons. The average molecular weight is 602 g/mol. The van der Waals surface area contributed by atoms with Gasteiger partial charge in [0, 0.05) is 15.3 Å². The Hall–Kier alpha value is -2.27. The van der Waals surface area contributed by atoms with Crippen molar-refractivity contribution >= 4 is 67.2 Å². The summed E-state index contributed by atoms with van der Waals surface area (Å²) in [5.41, 5.74) is 0.757. The summed E-state index contributed by atoms with van der Waals surface area (Å²) in [5.74, 6) is -3.34. The molecule has 3 amide bonds. The van der Waals surface area contributed by atoms with Gasteiger partial charge in [-0.25, -0.2) is 4.79 Å². The minimum atomic E-state index is -0.843. The second-order valence-corrected chi connectivity index (χ2v) is 11.1. The highest BCUT2D eigenvalue weighted by molar-refractivity contribution is 9.12. The minimum Gasteiger partial charge on any atom is -0.462 e. The lowest BCUT2D eigenvalue weighted by Gasteiger charge is -2.29. The molecular weight excluding hydrogens is 576 g/mol. The SMILES string of the molecule is CC(C)COC(=O)c1ccc(NC(=O)COC(=O)CN2C(=O)[C@@H]3C[C@@H](Br)[C@@H](Br)C[C@H]3C2=O)cc1. The largest absolute Gasteiger partial charge is 0.462 e. The molecule has 11 heteroatoms. The highest BCUT2D eigenvalue weighted by Gasteiger charge is 2.52. The van der Waals surface area contributed by atoms with E-state index >= 15 is 0 Å². The summed E-state index contributed by atoms with van der Waals surface area (Å²) >= 11 is 7.02. The van der Waals surface area contributed by atoms with E-state index in [4.69, 9.17) is 9.47 Å². The van der Waals surface area contributed by atoms with Crippen molar-refractivity contribution in [3.05, 3.63) is 29.8 Å². The molecule has 2 fully saturated rings. The molecule has 0 bridgehead atoms. The van der Waals surface area contributed by atoms with Gasteiger partial charge in [-0.05, 0) is 43.0 Å². The Morgan fingerprint density at radius 2 is 1.56 bits per heavy atom. The molecule has 1 saturated heterocycles. The molecule has 1 aliphatic heterocycles. The van der Waals surface area contributed by atoms with Gasteiger partial charge < -0.3 is 14.8 Å². The van der Waals surface area contributed by atoms with Gasteiger partial charge in [-0.15, -0.1) is 0 Å². The quantitative estimate of drug-likeness (QED) is 0.276. The number of nitrogens with one attached hydrogen (secondary N) is 1. The van der Waals surface area contributed by atoms with Gasteiger partial charge in [0.1, 0.15) is 6.54 Å². The summed E-state index contributed by atoms with van der Waals surface area (Å²) in [5, 5.41) is 2.55. The molecule has 0 spiro atoms. The van der Waals surface area contributed by atoms with Crippen molar-refractivity contribution in [3.63, 3.8) is 0 Å². The van der Waals surface area contributed by atoms with Crippen LogP contribution in [0.5, 0.6) is 0 Å². The predicted molar refractivity (Wildman–Crippen MR) is 130 cm³/mol. The number of ether oxygens (including phenoxy) is 2. The number of likely N-dealkylation sites (tertiary alicyclic amines) is 1. The number of alkyl halides is 2. The van der Waals surface area contributed by atoms with E-state index in [-0.39, 0.29) is 27.4 Å². The fraction of sp³-hybridized carbons (Fsp3) is 0.522. The lowest BCUT2D eigenvalue weighted by molar-refractivity contribution is -0.154. The molecule has 1 N–H and O–H groups in total. The molecule has 1 saturated carbocycles. The molecule has 1 heterocycles. The van der Waals surface area contributed by atoms with Crippen LogP contribution in [0.1, 0.15) is 37.0 Å². The summed E-state index contributed by atoms with van der Waals surface area (Å²) < 4.78 is 10.1.